The quantitative estimate of drug-likeness (QED) is 0.0519. The van der Waals surface area contributed by atoms with Crippen LogP contribution < -0.4 is 4.74 Å². The van der Waals surface area contributed by atoms with Gasteiger partial charge in [0.15, 0.2) is 5.78 Å². The zero-order valence-electron chi connectivity index (χ0n) is 25.6. The van der Waals surface area contributed by atoms with Gasteiger partial charge in [0.2, 0.25) is 0 Å². The molecular weight excluding hydrogens is 508 g/mol. The number of ether oxygens (including phenoxy) is 1. The monoisotopic (exact) mass is 564 g/mol. The summed E-state index contributed by atoms with van der Waals surface area (Å²) < 4.78 is 5.99. The van der Waals surface area contributed by atoms with Crippen molar-refractivity contribution in [3.8, 4) is 5.75 Å². The van der Waals surface area contributed by atoms with E-state index in [1.54, 1.807) is 6.08 Å². The van der Waals surface area contributed by atoms with Crippen molar-refractivity contribution >= 4 is 23.6 Å². The lowest BCUT2D eigenvalue weighted by Crippen LogP contribution is -1.97. The van der Waals surface area contributed by atoms with Crippen LogP contribution >= 0.6 is 11.8 Å². The van der Waals surface area contributed by atoms with E-state index in [2.05, 4.69) is 13.8 Å². The molecule has 2 rings (SSSR count). The predicted octanol–water partition coefficient (Wildman–Crippen LogP) is 12.1. The Morgan fingerprint density at radius 1 is 0.675 bits per heavy atom. The number of unbranched alkanes of at least 4 members (excludes halogenated alkanes) is 16. The Morgan fingerprint density at radius 2 is 1.23 bits per heavy atom. The topological polar surface area (TPSA) is 26.3 Å². The van der Waals surface area contributed by atoms with E-state index in [0.29, 0.717) is 0 Å². The fourth-order valence-corrected chi connectivity index (χ4v) is 5.70. The molecule has 0 aliphatic rings. The summed E-state index contributed by atoms with van der Waals surface area (Å²) in [5.41, 5.74) is 1.71. The summed E-state index contributed by atoms with van der Waals surface area (Å²) in [5.74, 6) is 2.01. The first-order valence-electron chi connectivity index (χ1n) is 16.4. The highest BCUT2D eigenvalue weighted by Gasteiger charge is 2.03. The van der Waals surface area contributed by atoms with Gasteiger partial charge in [0.1, 0.15) is 5.75 Å². The average Bonchev–Trinajstić information content (AvgIpc) is 2.98. The number of thioether (sulfide) groups is 1. The van der Waals surface area contributed by atoms with Crippen molar-refractivity contribution in [3.63, 3.8) is 0 Å². The maximum absolute atomic E-state index is 12.6. The molecule has 0 amide bonds. The van der Waals surface area contributed by atoms with Crippen molar-refractivity contribution in [3.05, 3.63) is 65.7 Å². The summed E-state index contributed by atoms with van der Waals surface area (Å²) in [5, 5.41) is 0. The lowest BCUT2D eigenvalue weighted by molar-refractivity contribution is 0.104. The molecule has 0 spiro atoms. The minimum absolute atomic E-state index is 0.0295. The SMILES string of the molecule is CCCCCCCCCCCCCCCCCCCOc1cccc(C=CC(=O)c2ccc(SCCC)cc2)c1. The Balaban J connectivity index is 1.47. The summed E-state index contributed by atoms with van der Waals surface area (Å²) >= 11 is 1.83. The second-order valence-electron chi connectivity index (χ2n) is 11.1. The van der Waals surface area contributed by atoms with E-state index in [1.807, 2.05) is 66.4 Å². The number of benzene rings is 2. The van der Waals surface area contributed by atoms with Gasteiger partial charge in [-0.3, -0.25) is 4.79 Å². The predicted molar refractivity (Wildman–Crippen MR) is 177 cm³/mol. The summed E-state index contributed by atoms with van der Waals surface area (Å²) in [7, 11) is 0. The fourth-order valence-electron chi connectivity index (χ4n) is 4.93. The second-order valence-corrected chi connectivity index (χ2v) is 12.3. The van der Waals surface area contributed by atoms with Crippen LogP contribution in [0.1, 0.15) is 145 Å². The molecule has 0 bridgehead atoms. The normalized spacial score (nSPS) is 11.3. The van der Waals surface area contributed by atoms with E-state index < -0.39 is 0 Å². The highest BCUT2D eigenvalue weighted by atomic mass is 32.2. The Morgan fingerprint density at radius 3 is 1.77 bits per heavy atom. The van der Waals surface area contributed by atoms with Crippen molar-refractivity contribution in [1.29, 1.82) is 0 Å². The van der Waals surface area contributed by atoms with Gasteiger partial charge in [0, 0.05) is 10.5 Å². The van der Waals surface area contributed by atoms with E-state index in [-0.39, 0.29) is 5.78 Å². The molecule has 0 saturated heterocycles. The largest absolute Gasteiger partial charge is 0.494 e. The minimum atomic E-state index is 0.0295. The van der Waals surface area contributed by atoms with Crippen molar-refractivity contribution in [1.82, 2.24) is 0 Å². The molecule has 2 aromatic carbocycles. The average molecular weight is 565 g/mol. The standard InChI is InChI=1S/C37H56O2S/c1-3-5-6-7-8-9-10-11-12-13-14-15-16-17-18-19-20-30-39-35-23-21-22-33(32-35)24-29-37(38)34-25-27-36(28-26-34)40-31-4-2/h21-29,32H,3-20,30-31H2,1-2H3. The number of hydrogen-bond donors (Lipinski definition) is 0. The molecule has 0 saturated carbocycles. The lowest BCUT2D eigenvalue weighted by atomic mass is 10.0. The third-order valence-corrected chi connectivity index (χ3v) is 8.63. The van der Waals surface area contributed by atoms with Gasteiger partial charge in [-0.1, -0.05) is 135 Å². The summed E-state index contributed by atoms with van der Waals surface area (Å²) in [6.07, 6.45) is 28.2. The molecule has 0 unspecified atom stereocenters. The number of rotatable bonds is 25. The van der Waals surface area contributed by atoms with Gasteiger partial charge in [-0.15, -0.1) is 11.8 Å². The molecule has 0 fully saturated rings. The first-order valence-corrected chi connectivity index (χ1v) is 17.4. The first-order chi connectivity index (χ1) is 19.7. The van der Waals surface area contributed by atoms with Crippen LogP contribution in [0.5, 0.6) is 5.75 Å². The molecule has 0 aliphatic heterocycles. The summed E-state index contributed by atoms with van der Waals surface area (Å²) in [6, 6.07) is 15.9. The molecule has 2 aromatic rings. The molecule has 3 heteroatoms. The van der Waals surface area contributed by atoms with Gasteiger partial charge in [-0.25, -0.2) is 0 Å². The molecule has 0 atom stereocenters. The molecular formula is C37H56O2S. The Hall–Kier alpha value is -2.00. The molecule has 2 nitrogen and oxygen atoms in total. The van der Waals surface area contributed by atoms with E-state index >= 15 is 0 Å². The number of hydrogen-bond acceptors (Lipinski definition) is 3. The van der Waals surface area contributed by atoms with Gasteiger partial charge in [0.25, 0.3) is 0 Å². The zero-order chi connectivity index (χ0) is 28.5. The van der Waals surface area contributed by atoms with Crippen molar-refractivity contribution in [2.75, 3.05) is 12.4 Å². The maximum atomic E-state index is 12.6. The molecule has 222 valence electrons. The minimum Gasteiger partial charge on any atom is -0.494 e. The van der Waals surface area contributed by atoms with Gasteiger partial charge >= 0.3 is 0 Å². The molecule has 0 aromatic heterocycles. The first kappa shape index (κ1) is 34.2. The smallest absolute Gasteiger partial charge is 0.185 e. The van der Waals surface area contributed by atoms with Crippen molar-refractivity contribution < 1.29 is 9.53 Å². The Kier molecular flexibility index (Phi) is 20.2. The second kappa shape index (κ2) is 23.7. The van der Waals surface area contributed by atoms with Gasteiger partial charge in [0.05, 0.1) is 6.61 Å². The third-order valence-electron chi connectivity index (χ3n) is 7.41. The van der Waals surface area contributed by atoms with E-state index in [0.717, 1.165) is 42.1 Å². The van der Waals surface area contributed by atoms with Crippen LogP contribution in [-0.2, 0) is 0 Å². The maximum Gasteiger partial charge on any atom is 0.185 e. The van der Waals surface area contributed by atoms with Crippen LogP contribution in [0.15, 0.2) is 59.5 Å². The van der Waals surface area contributed by atoms with Crippen molar-refractivity contribution in [2.24, 2.45) is 0 Å². The molecule has 0 aliphatic carbocycles. The van der Waals surface area contributed by atoms with Crippen LogP contribution in [0.25, 0.3) is 6.08 Å². The Labute approximate surface area is 250 Å². The number of carbonyl (C=O) groups is 1. The number of ketones is 1. The lowest BCUT2D eigenvalue weighted by Gasteiger charge is -2.07. The third kappa shape index (κ3) is 17.0. The molecule has 0 heterocycles. The van der Waals surface area contributed by atoms with Crippen molar-refractivity contribution in [2.45, 2.75) is 134 Å². The Bertz CT molecular complexity index is 918. The van der Waals surface area contributed by atoms with Crippen LogP contribution in [-0.4, -0.2) is 18.1 Å². The van der Waals surface area contributed by atoms with E-state index in [4.69, 9.17) is 4.74 Å². The van der Waals surface area contributed by atoms with E-state index in [1.165, 1.54) is 108 Å². The fraction of sp³-hybridized carbons (Fsp3) is 0.595. The highest BCUT2D eigenvalue weighted by molar-refractivity contribution is 7.99. The molecule has 40 heavy (non-hydrogen) atoms. The van der Waals surface area contributed by atoms with Crippen LogP contribution in [0, 0.1) is 0 Å². The number of carbonyl (C=O) groups excluding carboxylic acids is 1. The zero-order valence-corrected chi connectivity index (χ0v) is 26.5. The van der Waals surface area contributed by atoms with E-state index in [9.17, 15) is 4.79 Å². The highest BCUT2D eigenvalue weighted by Crippen LogP contribution is 2.20. The van der Waals surface area contributed by atoms with Gasteiger partial charge in [-0.05, 0) is 66.6 Å². The van der Waals surface area contributed by atoms with Crippen LogP contribution in [0.3, 0.4) is 0 Å². The van der Waals surface area contributed by atoms with Gasteiger partial charge < -0.3 is 4.74 Å². The molecule has 0 N–H and O–H groups in total. The van der Waals surface area contributed by atoms with Gasteiger partial charge in [-0.2, -0.15) is 0 Å². The van der Waals surface area contributed by atoms with Crippen LogP contribution in [0.4, 0.5) is 0 Å². The van der Waals surface area contributed by atoms with Crippen LogP contribution in [0.2, 0.25) is 0 Å². The summed E-state index contributed by atoms with van der Waals surface area (Å²) in [6.45, 7) is 5.23. The molecule has 0 radical (unpaired) electrons. The summed E-state index contributed by atoms with van der Waals surface area (Å²) in [4.78, 5) is 13.8. The number of allylic oxidation sites excluding steroid dienone is 1.